The molecule has 0 radical (unpaired) electrons. The Bertz CT molecular complexity index is 482. The van der Waals surface area contributed by atoms with Crippen LogP contribution in [0.2, 0.25) is 0 Å². The Morgan fingerprint density at radius 1 is 1.26 bits per heavy atom. The second-order valence-electron chi connectivity index (χ2n) is 3.94. The van der Waals surface area contributed by atoms with Crippen LogP contribution in [0.25, 0.3) is 0 Å². The molecule has 104 valence electrons. The zero-order valence-corrected chi connectivity index (χ0v) is 9.72. The quantitative estimate of drug-likeness (QED) is 0.774. The number of alkyl halides is 3. The van der Waals surface area contributed by atoms with Crippen molar-refractivity contribution in [1.82, 2.24) is 0 Å². The maximum Gasteiger partial charge on any atom is 0.416 e. The molecular formula is C12H12F3NO3. The summed E-state index contributed by atoms with van der Waals surface area (Å²) in [5, 5.41) is 36.3. The Morgan fingerprint density at radius 2 is 1.89 bits per heavy atom. The molecule has 1 aromatic carbocycles. The highest BCUT2D eigenvalue weighted by atomic mass is 19.4. The van der Waals surface area contributed by atoms with Crippen molar-refractivity contribution in [3.05, 3.63) is 34.9 Å². The maximum absolute atomic E-state index is 12.8. The van der Waals surface area contributed by atoms with Gasteiger partial charge in [-0.05, 0) is 24.1 Å². The molecule has 1 rings (SSSR count). The Balaban J connectivity index is 3.24. The van der Waals surface area contributed by atoms with E-state index in [1.54, 1.807) is 6.07 Å². The molecule has 0 aliphatic heterocycles. The first-order valence-corrected chi connectivity index (χ1v) is 5.39. The Hall–Kier alpha value is -1.62. The third-order valence-corrected chi connectivity index (χ3v) is 2.60. The van der Waals surface area contributed by atoms with Gasteiger partial charge in [-0.25, -0.2) is 0 Å². The molecule has 0 fully saturated rings. The van der Waals surface area contributed by atoms with Gasteiger partial charge in [0.1, 0.15) is 6.10 Å². The predicted octanol–water partition coefficient (Wildman–Crippen LogP) is 1.35. The SMILES string of the molecule is N#Cc1ccc(C(O)C(O)CCO)c(C(F)(F)F)c1. The van der Waals surface area contributed by atoms with Gasteiger partial charge in [0.2, 0.25) is 0 Å². The molecule has 19 heavy (non-hydrogen) atoms. The van der Waals surface area contributed by atoms with E-state index < -0.39 is 36.1 Å². The summed E-state index contributed by atoms with van der Waals surface area (Å²) >= 11 is 0. The minimum atomic E-state index is -4.75. The molecule has 7 heteroatoms. The topological polar surface area (TPSA) is 84.5 Å². The summed E-state index contributed by atoms with van der Waals surface area (Å²) in [4.78, 5) is 0. The maximum atomic E-state index is 12.8. The van der Waals surface area contributed by atoms with Crippen molar-refractivity contribution in [1.29, 1.82) is 5.26 Å². The number of halogens is 3. The minimum Gasteiger partial charge on any atom is -0.396 e. The summed E-state index contributed by atoms with van der Waals surface area (Å²) < 4.78 is 38.5. The van der Waals surface area contributed by atoms with Gasteiger partial charge >= 0.3 is 6.18 Å². The number of nitriles is 1. The zero-order chi connectivity index (χ0) is 14.6. The lowest BCUT2D eigenvalue weighted by Gasteiger charge is -2.21. The fraction of sp³-hybridized carbons (Fsp3) is 0.417. The molecule has 0 aliphatic carbocycles. The van der Waals surface area contributed by atoms with E-state index in [9.17, 15) is 23.4 Å². The summed E-state index contributed by atoms with van der Waals surface area (Å²) in [7, 11) is 0. The summed E-state index contributed by atoms with van der Waals surface area (Å²) in [5.41, 5.74) is -1.89. The molecule has 2 unspecified atom stereocenters. The largest absolute Gasteiger partial charge is 0.416 e. The first-order chi connectivity index (χ1) is 8.81. The minimum absolute atomic E-state index is 0.195. The standard InChI is InChI=1S/C12H12F3NO3/c13-12(14,15)9-5-7(6-16)1-2-8(9)11(19)10(18)3-4-17/h1-2,5,10-11,17-19H,3-4H2. The van der Waals surface area contributed by atoms with Gasteiger partial charge in [-0.15, -0.1) is 0 Å². The number of aliphatic hydroxyl groups is 3. The van der Waals surface area contributed by atoms with Crippen LogP contribution in [0.1, 0.15) is 29.2 Å². The lowest BCUT2D eigenvalue weighted by atomic mass is 9.95. The van der Waals surface area contributed by atoms with E-state index in [2.05, 4.69) is 0 Å². The first kappa shape index (κ1) is 15.4. The van der Waals surface area contributed by atoms with Crippen LogP contribution in [0.5, 0.6) is 0 Å². The van der Waals surface area contributed by atoms with Crippen molar-refractivity contribution in [3.63, 3.8) is 0 Å². The van der Waals surface area contributed by atoms with Gasteiger partial charge in [-0.1, -0.05) is 6.07 Å². The van der Waals surface area contributed by atoms with Crippen LogP contribution in [0.15, 0.2) is 18.2 Å². The normalized spacial score (nSPS) is 14.8. The average molecular weight is 275 g/mol. The second kappa shape index (κ2) is 6.02. The van der Waals surface area contributed by atoms with Crippen molar-refractivity contribution >= 4 is 0 Å². The van der Waals surface area contributed by atoms with Gasteiger partial charge < -0.3 is 15.3 Å². The van der Waals surface area contributed by atoms with Gasteiger partial charge in [0.15, 0.2) is 0 Å². The molecular weight excluding hydrogens is 263 g/mol. The third kappa shape index (κ3) is 3.67. The Kier molecular flexibility index (Phi) is 4.89. The molecule has 0 aromatic heterocycles. The summed E-state index contributed by atoms with van der Waals surface area (Å²) in [6.45, 7) is -0.462. The lowest BCUT2D eigenvalue weighted by Crippen LogP contribution is -2.23. The number of aliphatic hydroxyl groups excluding tert-OH is 3. The first-order valence-electron chi connectivity index (χ1n) is 5.39. The fourth-order valence-corrected chi connectivity index (χ4v) is 1.63. The van der Waals surface area contributed by atoms with Crippen molar-refractivity contribution in [2.45, 2.75) is 24.8 Å². The van der Waals surface area contributed by atoms with Gasteiger partial charge in [0.25, 0.3) is 0 Å². The Morgan fingerprint density at radius 3 is 2.37 bits per heavy atom. The third-order valence-electron chi connectivity index (χ3n) is 2.60. The molecule has 0 aliphatic rings. The van der Waals surface area contributed by atoms with Crippen LogP contribution in [-0.4, -0.2) is 28.0 Å². The van der Waals surface area contributed by atoms with Gasteiger partial charge in [-0.2, -0.15) is 18.4 Å². The van der Waals surface area contributed by atoms with Crippen LogP contribution in [0.4, 0.5) is 13.2 Å². The van der Waals surface area contributed by atoms with E-state index in [4.69, 9.17) is 10.4 Å². The zero-order valence-electron chi connectivity index (χ0n) is 9.72. The van der Waals surface area contributed by atoms with E-state index in [0.29, 0.717) is 6.07 Å². The fourth-order valence-electron chi connectivity index (χ4n) is 1.63. The highest BCUT2D eigenvalue weighted by Gasteiger charge is 2.36. The van der Waals surface area contributed by atoms with E-state index >= 15 is 0 Å². The lowest BCUT2D eigenvalue weighted by molar-refractivity contribution is -0.140. The van der Waals surface area contributed by atoms with E-state index in [0.717, 1.165) is 12.1 Å². The highest BCUT2D eigenvalue weighted by Crippen LogP contribution is 2.36. The van der Waals surface area contributed by atoms with Crippen LogP contribution < -0.4 is 0 Å². The van der Waals surface area contributed by atoms with Gasteiger partial charge in [0.05, 0.1) is 23.3 Å². The van der Waals surface area contributed by atoms with Gasteiger partial charge in [0, 0.05) is 6.61 Å². The molecule has 0 saturated heterocycles. The van der Waals surface area contributed by atoms with Crippen LogP contribution in [-0.2, 0) is 6.18 Å². The Labute approximate surface area is 107 Å². The molecule has 0 amide bonds. The molecule has 1 aromatic rings. The van der Waals surface area contributed by atoms with E-state index in [1.165, 1.54) is 0 Å². The van der Waals surface area contributed by atoms with Crippen molar-refractivity contribution in [2.24, 2.45) is 0 Å². The monoisotopic (exact) mass is 275 g/mol. The van der Waals surface area contributed by atoms with Crippen molar-refractivity contribution < 1.29 is 28.5 Å². The molecule has 0 spiro atoms. The molecule has 3 N–H and O–H groups in total. The summed E-state index contributed by atoms with van der Waals surface area (Å²) in [6, 6.07) is 4.27. The van der Waals surface area contributed by atoms with Crippen LogP contribution in [0.3, 0.4) is 0 Å². The number of hydrogen-bond acceptors (Lipinski definition) is 4. The molecule has 2 atom stereocenters. The molecule has 4 nitrogen and oxygen atoms in total. The molecule has 0 heterocycles. The highest BCUT2D eigenvalue weighted by molar-refractivity contribution is 5.41. The number of rotatable bonds is 4. The van der Waals surface area contributed by atoms with Gasteiger partial charge in [-0.3, -0.25) is 0 Å². The van der Waals surface area contributed by atoms with Crippen molar-refractivity contribution in [2.75, 3.05) is 6.61 Å². The van der Waals surface area contributed by atoms with E-state index in [-0.39, 0.29) is 12.0 Å². The second-order valence-corrected chi connectivity index (χ2v) is 3.94. The average Bonchev–Trinajstić information content (AvgIpc) is 2.36. The number of nitrogens with zero attached hydrogens (tertiary/aromatic N) is 1. The number of benzene rings is 1. The number of hydrogen-bond donors (Lipinski definition) is 3. The predicted molar refractivity (Wildman–Crippen MR) is 58.8 cm³/mol. The smallest absolute Gasteiger partial charge is 0.396 e. The van der Waals surface area contributed by atoms with Crippen LogP contribution >= 0.6 is 0 Å². The van der Waals surface area contributed by atoms with Crippen LogP contribution in [0, 0.1) is 11.3 Å². The summed E-state index contributed by atoms with van der Waals surface area (Å²) in [5.74, 6) is 0. The molecule has 0 saturated carbocycles. The van der Waals surface area contributed by atoms with Crippen molar-refractivity contribution in [3.8, 4) is 6.07 Å². The van der Waals surface area contributed by atoms with E-state index in [1.807, 2.05) is 0 Å². The molecule has 0 bridgehead atoms. The summed E-state index contributed by atoms with van der Waals surface area (Å²) in [6.07, 6.45) is -8.30.